The van der Waals surface area contributed by atoms with E-state index in [1.165, 1.54) is 0 Å². The van der Waals surface area contributed by atoms with Crippen LogP contribution in [0.4, 0.5) is 18.9 Å². The molecule has 3 N–H and O–H groups in total. The van der Waals surface area contributed by atoms with Gasteiger partial charge in [-0.25, -0.2) is 18.2 Å². The van der Waals surface area contributed by atoms with E-state index in [1.54, 1.807) is 11.3 Å². The lowest BCUT2D eigenvalue weighted by atomic mass is 10.2. The molecule has 0 bridgehead atoms. The van der Waals surface area contributed by atoms with E-state index >= 15 is 0 Å². The van der Waals surface area contributed by atoms with Gasteiger partial charge in [-0.3, -0.25) is 4.79 Å². The van der Waals surface area contributed by atoms with Crippen molar-refractivity contribution in [3.8, 4) is 0 Å². The van der Waals surface area contributed by atoms with E-state index in [-0.39, 0.29) is 30.5 Å². The topological polar surface area (TPSA) is 65.5 Å². The summed E-state index contributed by atoms with van der Waals surface area (Å²) in [5.41, 5.74) is 0.612. The van der Waals surface area contributed by atoms with Gasteiger partial charge in [0.15, 0.2) is 23.4 Å². The Kier molecular flexibility index (Phi) is 9.41. The molecule has 0 spiro atoms. The normalized spacial score (nSPS) is 10.8. The third kappa shape index (κ3) is 6.48. The Bertz CT molecular complexity index is 756. The molecular weight excluding hydrogens is 480 g/mol. The van der Waals surface area contributed by atoms with E-state index in [9.17, 15) is 18.0 Å². The van der Waals surface area contributed by atoms with Crippen molar-refractivity contribution >= 4 is 52.9 Å². The molecule has 0 atom stereocenters. The fourth-order valence-electron chi connectivity index (χ4n) is 1.88. The predicted molar refractivity (Wildman–Crippen MR) is 107 cm³/mol. The standard InChI is InChI=1S/C16H17F3N4OS.HI/c1-2-20-16(21-7-10-5-6-25-9-10)22-8-13(24)23-12-4-3-11(17)14(18)15(12)19;/h3-6,9H,2,7-8H2,1H3,(H,23,24)(H2,20,21,22);1H. The first kappa shape index (κ1) is 22.2. The zero-order valence-electron chi connectivity index (χ0n) is 13.8. The molecule has 10 heteroatoms. The molecule has 0 aliphatic rings. The minimum Gasteiger partial charge on any atom is -0.357 e. The first-order valence-corrected chi connectivity index (χ1v) is 8.42. The van der Waals surface area contributed by atoms with Crippen LogP contribution in [0.2, 0.25) is 0 Å². The SMILES string of the molecule is CCNC(=NCc1ccsc1)NCC(=O)Nc1ccc(F)c(F)c1F.I. The van der Waals surface area contributed by atoms with Crippen molar-refractivity contribution in [1.82, 2.24) is 10.6 Å². The third-order valence-electron chi connectivity index (χ3n) is 3.07. The summed E-state index contributed by atoms with van der Waals surface area (Å²) in [5.74, 6) is -4.59. The van der Waals surface area contributed by atoms with Crippen LogP contribution in [0.1, 0.15) is 12.5 Å². The number of hydrogen-bond acceptors (Lipinski definition) is 3. The van der Waals surface area contributed by atoms with Crippen LogP contribution in [0, 0.1) is 17.5 Å². The number of aliphatic imine (C=N–C) groups is 1. The summed E-state index contributed by atoms with van der Waals surface area (Å²) in [5, 5.41) is 11.8. The second-order valence-corrected chi connectivity index (χ2v) is 5.73. The Morgan fingerprint density at radius 1 is 1.15 bits per heavy atom. The van der Waals surface area contributed by atoms with Crippen molar-refractivity contribution in [3.63, 3.8) is 0 Å². The number of thiophene rings is 1. The average molecular weight is 498 g/mol. The first-order chi connectivity index (χ1) is 12.0. The van der Waals surface area contributed by atoms with Crippen LogP contribution in [-0.2, 0) is 11.3 Å². The first-order valence-electron chi connectivity index (χ1n) is 7.47. The van der Waals surface area contributed by atoms with Crippen LogP contribution in [0.3, 0.4) is 0 Å². The van der Waals surface area contributed by atoms with Crippen LogP contribution < -0.4 is 16.0 Å². The number of hydrogen-bond donors (Lipinski definition) is 3. The molecule has 0 fully saturated rings. The number of nitrogens with one attached hydrogen (secondary N) is 3. The molecule has 0 aliphatic carbocycles. The Morgan fingerprint density at radius 3 is 2.58 bits per heavy atom. The number of rotatable bonds is 6. The van der Waals surface area contributed by atoms with Crippen molar-refractivity contribution in [1.29, 1.82) is 0 Å². The fraction of sp³-hybridized carbons (Fsp3) is 0.250. The maximum atomic E-state index is 13.5. The van der Waals surface area contributed by atoms with Crippen LogP contribution >= 0.6 is 35.3 Å². The van der Waals surface area contributed by atoms with Gasteiger partial charge in [0.1, 0.15) is 0 Å². The summed E-state index contributed by atoms with van der Waals surface area (Å²) in [6.45, 7) is 2.69. The number of guanidine groups is 1. The molecule has 1 aromatic heterocycles. The van der Waals surface area contributed by atoms with Crippen molar-refractivity contribution in [2.45, 2.75) is 13.5 Å². The Hall–Kier alpha value is -1.82. The van der Waals surface area contributed by atoms with E-state index in [4.69, 9.17) is 0 Å². The van der Waals surface area contributed by atoms with Gasteiger partial charge in [-0.15, -0.1) is 24.0 Å². The molecule has 142 valence electrons. The van der Waals surface area contributed by atoms with Crippen LogP contribution in [0.15, 0.2) is 34.0 Å². The van der Waals surface area contributed by atoms with Gasteiger partial charge >= 0.3 is 0 Å². The lowest BCUT2D eigenvalue weighted by Crippen LogP contribution is -2.41. The highest BCUT2D eigenvalue weighted by Crippen LogP contribution is 2.19. The molecular formula is C16H18F3IN4OS. The lowest BCUT2D eigenvalue weighted by molar-refractivity contribution is -0.115. The zero-order valence-corrected chi connectivity index (χ0v) is 17.0. The van der Waals surface area contributed by atoms with Crippen molar-refractivity contribution in [2.75, 3.05) is 18.4 Å². The van der Waals surface area contributed by atoms with Gasteiger partial charge in [-0.2, -0.15) is 11.3 Å². The molecule has 26 heavy (non-hydrogen) atoms. The largest absolute Gasteiger partial charge is 0.357 e. The monoisotopic (exact) mass is 498 g/mol. The molecule has 1 aromatic carbocycles. The second kappa shape index (κ2) is 11.0. The van der Waals surface area contributed by atoms with Crippen molar-refractivity contribution in [2.24, 2.45) is 4.99 Å². The molecule has 0 saturated heterocycles. The van der Waals surface area contributed by atoms with Crippen molar-refractivity contribution in [3.05, 3.63) is 52.0 Å². The van der Waals surface area contributed by atoms with E-state index in [0.717, 1.165) is 17.7 Å². The average Bonchev–Trinajstić information content (AvgIpc) is 3.11. The number of anilines is 1. The highest BCUT2D eigenvalue weighted by molar-refractivity contribution is 14.0. The van der Waals surface area contributed by atoms with E-state index < -0.39 is 29.0 Å². The molecule has 1 amide bonds. The van der Waals surface area contributed by atoms with Crippen molar-refractivity contribution < 1.29 is 18.0 Å². The van der Waals surface area contributed by atoms with Gasteiger partial charge in [0.05, 0.1) is 18.8 Å². The summed E-state index contributed by atoms with van der Waals surface area (Å²) in [6.07, 6.45) is 0. The molecule has 0 radical (unpaired) electrons. The molecule has 1 heterocycles. The molecule has 2 aromatic rings. The Balaban J connectivity index is 0.00000338. The van der Waals surface area contributed by atoms with Crippen LogP contribution in [-0.4, -0.2) is 25.0 Å². The molecule has 0 unspecified atom stereocenters. The molecule has 2 rings (SSSR count). The van der Waals surface area contributed by atoms with Gasteiger partial charge in [-0.05, 0) is 41.4 Å². The zero-order chi connectivity index (χ0) is 18.2. The molecule has 5 nitrogen and oxygen atoms in total. The fourth-order valence-corrected chi connectivity index (χ4v) is 2.54. The number of halogens is 4. The quantitative estimate of drug-likeness (QED) is 0.248. The summed E-state index contributed by atoms with van der Waals surface area (Å²) in [4.78, 5) is 16.2. The number of nitrogens with zero attached hydrogens (tertiary/aromatic N) is 1. The number of amides is 1. The number of carbonyl (C=O) groups is 1. The Labute approximate surface area is 170 Å². The van der Waals surface area contributed by atoms with Gasteiger partial charge in [0.25, 0.3) is 0 Å². The highest BCUT2D eigenvalue weighted by atomic mass is 127. The van der Waals surface area contributed by atoms with Gasteiger partial charge in [-0.1, -0.05) is 0 Å². The minimum absolute atomic E-state index is 0. The maximum Gasteiger partial charge on any atom is 0.243 e. The van der Waals surface area contributed by atoms with E-state index in [2.05, 4.69) is 20.9 Å². The number of benzene rings is 1. The van der Waals surface area contributed by atoms with Gasteiger partial charge in [0, 0.05) is 6.54 Å². The predicted octanol–water partition coefficient (Wildman–Crippen LogP) is 3.48. The van der Waals surface area contributed by atoms with Gasteiger partial charge < -0.3 is 16.0 Å². The lowest BCUT2D eigenvalue weighted by Gasteiger charge is -2.12. The molecule has 0 aliphatic heterocycles. The smallest absolute Gasteiger partial charge is 0.243 e. The summed E-state index contributed by atoms with van der Waals surface area (Å²) < 4.78 is 39.6. The van der Waals surface area contributed by atoms with Gasteiger partial charge in [0.2, 0.25) is 5.91 Å². The Morgan fingerprint density at radius 2 is 1.92 bits per heavy atom. The summed E-state index contributed by atoms with van der Waals surface area (Å²) in [7, 11) is 0. The van der Waals surface area contributed by atoms with Crippen LogP contribution in [0.25, 0.3) is 0 Å². The molecule has 0 saturated carbocycles. The maximum absolute atomic E-state index is 13.5. The summed E-state index contributed by atoms with van der Waals surface area (Å²) in [6, 6.07) is 3.64. The third-order valence-corrected chi connectivity index (χ3v) is 3.80. The van der Waals surface area contributed by atoms with Crippen LogP contribution in [0.5, 0.6) is 0 Å². The second-order valence-electron chi connectivity index (χ2n) is 4.95. The summed E-state index contributed by atoms with van der Waals surface area (Å²) >= 11 is 1.56. The van der Waals surface area contributed by atoms with E-state index in [1.807, 2.05) is 23.8 Å². The highest BCUT2D eigenvalue weighted by Gasteiger charge is 2.15. The number of carbonyl (C=O) groups excluding carboxylic acids is 1. The minimum atomic E-state index is -1.63. The van der Waals surface area contributed by atoms with E-state index in [0.29, 0.717) is 19.0 Å².